The monoisotopic (exact) mass is 453 g/mol. The molecule has 3 aromatic rings. The molecule has 0 spiro atoms. The van der Waals surface area contributed by atoms with Crippen molar-refractivity contribution >= 4 is 28.7 Å². The van der Waals surface area contributed by atoms with Crippen molar-refractivity contribution in [3.05, 3.63) is 63.2 Å². The molecule has 168 valence electrons. The summed E-state index contributed by atoms with van der Waals surface area (Å²) in [5.41, 5.74) is 1.17. The Balaban J connectivity index is 1.86. The molecule has 0 N–H and O–H groups in total. The third-order valence-corrected chi connectivity index (χ3v) is 5.90. The second-order valence-corrected chi connectivity index (χ2v) is 8.81. The molecule has 2 aromatic carbocycles. The van der Waals surface area contributed by atoms with Crippen molar-refractivity contribution in [1.29, 1.82) is 0 Å². The van der Waals surface area contributed by atoms with Crippen LogP contribution in [0.4, 0.5) is 0 Å². The number of rotatable bonds is 6. The Hall–Kier alpha value is -2.86. The molecule has 7 heteroatoms. The van der Waals surface area contributed by atoms with Gasteiger partial charge in [0.2, 0.25) is 0 Å². The second-order valence-electron chi connectivity index (χ2n) is 8.38. The van der Waals surface area contributed by atoms with Crippen molar-refractivity contribution in [2.75, 3.05) is 7.11 Å². The molecule has 6 nitrogen and oxygen atoms in total. The first-order valence-corrected chi connectivity index (χ1v) is 11.5. The van der Waals surface area contributed by atoms with E-state index in [0.717, 1.165) is 25.7 Å². The fourth-order valence-corrected chi connectivity index (χ4v) is 4.41. The number of para-hydroxylation sites is 1. The van der Waals surface area contributed by atoms with E-state index in [1.54, 1.807) is 31.5 Å². The number of hydrogen-bond acceptors (Lipinski definition) is 5. The lowest BCUT2D eigenvalue weighted by molar-refractivity contribution is 0.230. The molecular weight excluding hydrogens is 426 g/mol. The van der Waals surface area contributed by atoms with E-state index in [1.165, 1.54) is 11.1 Å². The molecule has 0 saturated heterocycles. The SMILES string of the molecule is COc1cc(Cl)cc(C=Nn2c(C3CCCCC3)nc3ccccc3c2=O)c1OC(C)C. The first kappa shape index (κ1) is 22.3. The predicted octanol–water partition coefficient (Wildman–Crippen LogP) is 5.78. The molecule has 0 aliphatic heterocycles. The van der Waals surface area contributed by atoms with Crippen molar-refractivity contribution < 1.29 is 9.47 Å². The minimum absolute atomic E-state index is 0.0694. The third-order valence-electron chi connectivity index (χ3n) is 5.68. The van der Waals surface area contributed by atoms with Gasteiger partial charge >= 0.3 is 0 Å². The van der Waals surface area contributed by atoms with Crippen molar-refractivity contribution in [2.24, 2.45) is 5.10 Å². The van der Waals surface area contributed by atoms with Gasteiger partial charge in [0.25, 0.3) is 5.56 Å². The van der Waals surface area contributed by atoms with Gasteiger partial charge in [-0.1, -0.05) is 43.0 Å². The third kappa shape index (κ3) is 4.65. The fourth-order valence-electron chi connectivity index (χ4n) is 4.20. The van der Waals surface area contributed by atoms with E-state index in [0.29, 0.717) is 38.8 Å². The first-order valence-electron chi connectivity index (χ1n) is 11.1. The molecule has 1 heterocycles. The summed E-state index contributed by atoms with van der Waals surface area (Å²) < 4.78 is 12.9. The Labute approximate surface area is 192 Å². The summed E-state index contributed by atoms with van der Waals surface area (Å²) in [6.45, 7) is 3.88. The van der Waals surface area contributed by atoms with Crippen LogP contribution in [0.3, 0.4) is 0 Å². The molecule has 1 aliphatic carbocycles. The minimum atomic E-state index is -0.173. The van der Waals surface area contributed by atoms with Gasteiger partial charge in [0.15, 0.2) is 11.5 Å². The van der Waals surface area contributed by atoms with E-state index in [2.05, 4.69) is 5.10 Å². The van der Waals surface area contributed by atoms with Crippen molar-refractivity contribution in [1.82, 2.24) is 9.66 Å². The largest absolute Gasteiger partial charge is 0.493 e. The smallest absolute Gasteiger partial charge is 0.282 e. The zero-order valence-electron chi connectivity index (χ0n) is 18.7. The molecule has 1 aromatic heterocycles. The van der Waals surface area contributed by atoms with Crippen molar-refractivity contribution in [3.8, 4) is 11.5 Å². The maximum absolute atomic E-state index is 13.4. The van der Waals surface area contributed by atoms with Gasteiger partial charge in [-0.25, -0.2) is 4.98 Å². The maximum Gasteiger partial charge on any atom is 0.282 e. The molecule has 1 fully saturated rings. The molecule has 0 atom stereocenters. The Morgan fingerprint density at radius 3 is 2.66 bits per heavy atom. The zero-order chi connectivity index (χ0) is 22.7. The molecule has 1 saturated carbocycles. The van der Waals surface area contributed by atoms with E-state index in [-0.39, 0.29) is 17.6 Å². The van der Waals surface area contributed by atoms with Gasteiger partial charge in [-0.15, -0.1) is 0 Å². The summed E-state index contributed by atoms with van der Waals surface area (Å²) in [5, 5.41) is 5.65. The molecule has 0 bridgehead atoms. The highest BCUT2D eigenvalue weighted by Crippen LogP contribution is 2.35. The molecule has 4 rings (SSSR count). The van der Waals surface area contributed by atoms with Crippen LogP contribution in [0.1, 0.15) is 63.3 Å². The van der Waals surface area contributed by atoms with E-state index in [9.17, 15) is 4.79 Å². The quantitative estimate of drug-likeness (QED) is 0.444. The number of halogens is 1. The summed E-state index contributed by atoms with van der Waals surface area (Å²) in [6, 6.07) is 10.9. The van der Waals surface area contributed by atoms with E-state index >= 15 is 0 Å². The summed E-state index contributed by atoms with van der Waals surface area (Å²) >= 11 is 6.30. The van der Waals surface area contributed by atoms with E-state index in [1.807, 2.05) is 32.0 Å². The molecular formula is C25H28ClN3O3. The number of nitrogens with zero attached hydrogens (tertiary/aromatic N) is 3. The normalized spacial score (nSPS) is 15.0. The van der Waals surface area contributed by atoms with Crippen molar-refractivity contribution in [2.45, 2.75) is 58.0 Å². The summed E-state index contributed by atoms with van der Waals surface area (Å²) in [6.07, 6.45) is 7.04. The van der Waals surface area contributed by atoms with Gasteiger partial charge in [-0.2, -0.15) is 9.78 Å². The second kappa shape index (κ2) is 9.74. The van der Waals surface area contributed by atoms with E-state index < -0.39 is 0 Å². The number of methoxy groups -OCH3 is 1. The molecule has 0 amide bonds. The van der Waals surface area contributed by atoms with Crippen LogP contribution < -0.4 is 15.0 Å². The number of hydrogen-bond donors (Lipinski definition) is 0. The van der Waals surface area contributed by atoms with Crippen molar-refractivity contribution in [3.63, 3.8) is 0 Å². The number of benzene rings is 2. The Bertz CT molecular complexity index is 1200. The van der Waals surface area contributed by atoms with Crippen LogP contribution in [0, 0.1) is 0 Å². The molecule has 1 aliphatic rings. The topological polar surface area (TPSA) is 65.7 Å². The van der Waals surface area contributed by atoms with Crippen LogP contribution in [-0.2, 0) is 0 Å². The van der Waals surface area contributed by atoms with Gasteiger partial charge in [0.05, 0.1) is 30.3 Å². The van der Waals surface area contributed by atoms with Gasteiger partial charge in [0, 0.05) is 22.6 Å². The fraction of sp³-hybridized carbons (Fsp3) is 0.400. The Kier molecular flexibility index (Phi) is 6.80. The molecule has 0 radical (unpaired) electrons. The van der Waals surface area contributed by atoms with Gasteiger partial charge < -0.3 is 9.47 Å². The van der Waals surface area contributed by atoms with Crippen LogP contribution >= 0.6 is 11.6 Å². The summed E-state index contributed by atoms with van der Waals surface area (Å²) in [4.78, 5) is 18.3. The number of aromatic nitrogens is 2. The van der Waals surface area contributed by atoms with Gasteiger partial charge in [-0.3, -0.25) is 4.79 Å². The highest BCUT2D eigenvalue weighted by atomic mass is 35.5. The number of fused-ring (bicyclic) bond motifs is 1. The van der Waals surface area contributed by atoms with Crippen LogP contribution in [-0.4, -0.2) is 29.1 Å². The number of ether oxygens (including phenoxy) is 2. The average molecular weight is 454 g/mol. The summed E-state index contributed by atoms with van der Waals surface area (Å²) in [7, 11) is 1.57. The van der Waals surface area contributed by atoms with Gasteiger partial charge in [-0.05, 0) is 44.9 Å². The minimum Gasteiger partial charge on any atom is -0.493 e. The predicted molar refractivity (Wildman–Crippen MR) is 129 cm³/mol. The van der Waals surface area contributed by atoms with Gasteiger partial charge in [0.1, 0.15) is 5.82 Å². The molecule has 32 heavy (non-hydrogen) atoms. The first-order chi connectivity index (χ1) is 15.5. The van der Waals surface area contributed by atoms with Crippen LogP contribution in [0.5, 0.6) is 11.5 Å². The average Bonchev–Trinajstić information content (AvgIpc) is 2.80. The lowest BCUT2D eigenvalue weighted by Gasteiger charge is -2.22. The van der Waals surface area contributed by atoms with Crippen LogP contribution in [0.15, 0.2) is 46.3 Å². The Morgan fingerprint density at radius 1 is 1.19 bits per heavy atom. The highest BCUT2D eigenvalue weighted by Gasteiger charge is 2.22. The standard InChI is InChI=1S/C25H28ClN3O3/c1-16(2)32-23-18(13-19(26)14-22(23)31-3)15-27-29-24(17-9-5-4-6-10-17)28-21-12-8-7-11-20(21)25(29)30/h7-8,11-17H,4-6,9-10H2,1-3H3. The van der Waals surface area contributed by atoms with E-state index in [4.69, 9.17) is 26.1 Å². The van der Waals surface area contributed by atoms with Crippen LogP contribution in [0.25, 0.3) is 10.9 Å². The summed E-state index contributed by atoms with van der Waals surface area (Å²) in [5.74, 6) is 1.98. The zero-order valence-corrected chi connectivity index (χ0v) is 19.4. The highest BCUT2D eigenvalue weighted by molar-refractivity contribution is 6.31. The Morgan fingerprint density at radius 2 is 1.94 bits per heavy atom. The lowest BCUT2D eigenvalue weighted by Crippen LogP contribution is -2.25. The maximum atomic E-state index is 13.4. The van der Waals surface area contributed by atoms with Crippen LogP contribution in [0.2, 0.25) is 5.02 Å². The molecule has 0 unspecified atom stereocenters. The lowest BCUT2D eigenvalue weighted by atomic mass is 9.88.